The Bertz CT molecular complexity index is 591. The number of guanidine groups is 1. The van der Waals surface area contributed by atoms with Crippen LogP contribution in [0.4, 0.5) is 4.39 Å². The Labute approximate surface area is 151 Å². The quantitative estimate of drug-likeness (QED) is 0.335. The number of benzene rings is 1. The highest BCUT2D eigenvalue weighted by Gasteiger charge is 2.20. The molecule has 0 aromatic heterocycles. The first-order valence-corrected chi connectivity index (χ1v) is 7.00. The first-order valence-electron chi connectivity index (χ1n) is 6.62. The van der Waals surface area contributed by atoms with Gasteiger partial charge in [0.15, 0.2) is 5.96 Å². The fourth-order valence-corrected chi connectivity index (χ4v) is 2.32. The fourth-order valence-electron chi connectivity index (χ4n) is 2.16. The molecule has 0 aliphatic carbocycles. The first-order chi connectivity index (χ1) is 10.0. The molecule has 1 aliphatic rings. The Kier molecular flexibility index (Phi) is 7.39. The minimum Gasteiger partial charge on any atom is -0.375 e. The van der Waals surface area contributed by atoms with E-state index >= 15 is 0 Å². The second kappa shape index (κ2) is 8.56. The monoisotopic (exact) mass is 437 g/mol. The van der Waals surface area contributed by atoms with Crippen molar-refractivity contribution in [2.24, 2.45) is 10.7 Å². The van der Waals surface area contributed by atoms with Gasteiger partial charge in [-0.25, -0.2) is 9.38 Å². The van der Waals surface area contributed by atoms with Crippen molar-refractivity contribution in [1.82, 2.24) is 4.90 Å². The molecule has 1 fully saturated rings. The van der Waals surface area contributed by atoms with Gasteiger partial charge in [0.2, 0.25) is 0 Å². The molecular formula is C15H18ClFIN3O. The number of morpholine rings is 1. The predicted octanol–water partition coefficient (Wildman–Crippen LogP) is 2.81. The second-order valence-electron chi connectivity index (χ2n) is 4.85. The van der Waals surface area contributed by atoms with E-state index in [1.165, 1.54) is 12.1 Å². The highest BCUT2D eigenvalue weighted by Crippen LogP contribution is 2.23. The summed E-state index contributed by atoms with van der Waals surface area (Å²) < 4.78 is 19.4. The molecule has 1 heterocycles. The van der Waals surface area contributed by atoms with Crippen molar-refractivity contribution in [3.05, 3.63) is 34.6 Å². The van der Waals surface area contributed by atoms with E-state index in [-0.39, 0.29) is 35.6 Å². The summed E-state index contributed by atoms with van der Waals surface area (Å²) in [6.07, 6.45) is 5.53. The summed E-state index contributed by atoms with van der Waals surface area (Å²) >= 11 is 5.73. The van der Waals surface area contributed by atoms with Crippen LogP contribution in [0.25, 0.3) is 0 Å². The van der Waals surface area contributed by atoms with E-state index in [1.54, 1.807) is 6.07 Å². The highest BCUT2D eigenvalue weighted by atomic mass is 127. The third kappa shape index (κ3) is 4.73. The molecule has 1 saturated heterocycles. The predicted molar refractivity (Wildman–Crippen MR) is 97.0 cm³/mol. The van der Waals surface area contributed by atoms with E-state index in [9.17, 15) is 4.39 Å². The molecule has 4 nitrogen and oxygen atoms in total. The molecule has 2 atom stereocenters. The largest absolute Gasteiger partial charge is 0.375 e. The Hall–Kier alpha value is -1.04. The number of terminal acetylenes is 1. The lowest BCUT2D eigenvalue weighted by molar-refractivity contribution is 0.00525. The van der Waals surface area contributed by atoms with Gasteiger partial charge in [-0.1, -0.05) is 23.6 Å². The summed E-state index contributed by atoms with van der Waals surface area (Å²) in [6.45, 7) is 3.81. The van der Waals surface area contributed by atoms with Crippen LogP contribution in [0.5, 0.6) is 0 Å². The molecule has 0 spiro atoms. The van der Waals surface area contributed by atoms with Crippen LogP contribution < -0.4 is 5.73 Å². The van der Waals surface area contributed by atoms with Crippen LogP contribution in [0.1, 0.15) is 18.5 Å². The lowest BCUT2D eigenvalue weighted by Gasteiger charge is -2.32. The number of hydrogen-bond donors (Lipinski definition) is 1. The van der Waals surface area contributed by atoms with Gasteiger partial charge in [0, 0.05) is 23.7 Å². The molecule has 0 saturated carbocycles. The van der Waals surface area contributed by atoms with Crippen molar-refractivity contribution in [3.63, 3.8) is 0 Å². The second-order valence-corrected chi connectivity index (χ2v) is 5.29. The lowest BCUT2D eigenvalue weighted by atomic mass is 10.1. The minimum absolute atomic E-state index is 0. The zero-order valence-corrected chi connectivity index (χ0v) is 15.2. The Balaban J connectivity index is 0.00000242. The van der Waals surface area contributed by atoms with Crippen LogP contribution in [-0.2, 0) is 4.74 Å². The zero-order valence-electron chi connectivity index (χ0n) is 12.1. The molecule has 120 valence electrons. The molecule has 1 aromatic carbocycles. The molecule has 0 radical (unpaired) electrons. The van der Waals surface area contributed by atoms with Gasteiger partial charge >= 0.3 is 0 Å². The van der Waals surface area contributed by atoms with E-state index in [1.807, 2.05) is 11.8 Å². The summed E-state index contributed by atoms with van der Waals surface area (Å²) in [5.74, 6) is 2.26. The van der Waals surface area contributed by atoms with Gasteiger partial charge in [-0.3, -0.25) is 0 Å². The van der Waals surface area contributed by atoms with Gasteiger partial charge in [0.25, 0.3) is 0 Å². The summed E-state index contributed by atoms with van der Waals surface area (Å²) in [5.41, 5.74) is 6.26. The number of halogens is 3. The lowest BCUT2D eigenvalue weighted by Crippen LogP contribution is -2.48. The number of nitrogens with two attached hydrogens (primary N) is 1. The molecule has 1 aromatic rings. The molecule has 7 heteroatoms. The summed E-state index contributed by atoms with van der Waals surface area (Å²) in [4.78, 5) is 6.14. The third-order valence-electron chi connectivity index (χ3n) is 3.24. The number of ether oxygens (including phenoxy) is 1. The van der Waals surface area contributed by atoms with Gasteiger partial charge in [0.05, 0.1) is 12.7 Å². The average molecular weight is 438 g/mol. The summed E-state index contributed by atoms with van der Waals surface area (Å²) in [7, 11) is 0. The molecule has 2 N–H and O–H groups in total. The van der Waals surface area contributed by atoms with Gasteiger partial charge in [-0.2, -0.15) is 0 Å². The molecule has 2 rings (SSSR count). The van der Waals surface area contributed by atoms with Crippen LogP contribution in [0.15, 0.2) is 23.2 Å². The van der Waals surface area contributed by atoms with Crippen LogP contribution in [0, 0.1) is 18.2 Å². The molecule has 2 unspecified atom stereocenters. The summed E-state index contributed by atoms with van der Waals surface area (Å²) in [6, 6.07) is 3.54. The Morgan fingerprint density at radius 1 is 1.64 bits per heavy atom. The van der Waals surface area contributed by atoms with E-state index in [0.29, 0.717) is 30.7 Å². The van der Waals surface area contributed by atoms with Crippen LogP contribution in [0.2, 0.25) is 5.02 Å². The normalized spacial score (nSPS) is 20.0. The first kappa shape index (κ1) is 19.0. The molecular weight excluding hydrogens is 420 g/mol. The van der Waals surface area contributed by atoms with Crippen LogP contribution >= 0.6 is 35.6 Å². The van der Waals surface area contributed by atoms with Crippen molar-refractivity contribution in [2.75, 3.05) is 19.7 Å². The maximum Gasteiger partial charge on any atom is 0.193 e. The van der Waals surface area contributed by atoms with Crippen LogP contribution in [-0.4, -0.2) is 36.7 Å². The van der Waals surface area contributed by atoms with Gasteiger partial charge in [-0.15, -0.1) is 30.4 Å². The Morgan fingerprint density at radius 3 is 2.95 bits per heavy atom. The van der Waals surface area contributed by atoms with E-state index in [0.717, 1.165) is 0 Å². The maximum atomic E-state index is 13.9. The van der Waals surface area contributed by atoms with Crippen molar-refractivity contribution in [1.29, 1.82) is 0 Å². The smallest absolute Gasteiger partial charge is 0.193 e. The molecule has 0 bridgehead atoms. The van der Waals surface area contributed by atoms with E-state index in [2.05, 4.69) is 10.9 Å². The molecule has 1 aliphatic heterocycles. The van der Waals surface area contributed by atoms with Gasteiger partial charge in [0.1, 0.15) is 11.9 Å². The van der Waals surface area contributed by atoms with E-state index in [4.69, 9.17) is 28.5 Å². The van der Waals surface area contributed by atoms with Crippen molar-refractivity contribution in [2.45, 2.75) is 19.1 Å². The number of rotatable bonds is 2. The minimum atomic E-state index is -0.777. The average Bonchev–Trinajstić information content (AvgIpc) is 2.45. The van der Waals surface area contributed by atoms with Gasteiger partial charge < -0.3 is 15.4 Å². The standard InChI is InChI=1S/C15H17ClFN3O.HI/c1-3-14(12-5-4-11(16)8-13(12)17)19-15(18)20-6-7-21-10(2)9-20;/h1,4-5,8,10,14H,6-7,9H2,2H3,(H2,18,19);1H. The SMILES string of the molecule is C#CC(N=C(N)N1CCOC(C)C1)c1ccc(Cl)cc1F.I. The zero-order chi connectivity index (χ0) is 15.4. The molecule has 22 heavy (non-hydrogen) atoms. The number of aliphatic imine (C=N–C) groups is 1. The van der Waals surface area contributed by atoms with Crippen molar-refractivity contribution < 1.29 is 9.13 Å². The van der Waals surface area contributed by atoms with Gasteiger partial charge in [-0.05, 0) is 19.1 Å². The highest BCUT2D eigenvalue weighted by molar-refractivity contribution is 14.0. The van der Waals surface area contributed by atoms with Crippen LogP contribution in [0.3, 0.4) is 0 Å². The topological polar surface area (TPSA) is 50.8 Å². The third-order valence-corrected chi connectivity index (χ3v) is 3.48. The maximum absolute atomic E-state index is 13.9. The van der Waals surface area contributed by atoms with Crippen molar-refractivity contribution in [3.8, 4) is 12.3 Å². The Morgan fingerprint density at radius 2 is 2.36 bits per heavy atom. The van der Waals surface area contributed by atoms with E-state index < -0.39 is 11.9 Å². The van der Waals surface area contributed by atoms with Crippen molar-refractivity contribution >= 4 is 41.5 Å². The molecule has 0 amide bonds. The fraction of sp³-hybridized carbons (Fsp3) is 0.400. The number of hydrogen-bond acceptors (Lipinski definition) is 2. The summed E-state index contributed by atoms with van der Waals surface area (Å²) in [5, 5.41) is 0.311. The number of nitrogens with zero attached hydrogens (tertiary/aromatic N) is 2.